The Morgan fingerprint density at radius 3 is 1.67 bits per heavy atom. The summed E-state index contributed by atoms with van der Waals surface area (Å²) in [5.74, 6) is 0. The van der Waals surface area contributed by atoms with Crippen LogP contribution in [0, 0.1) is 0 Å². The number of aromatic nitrogens is 3. The number of dihydropyridines is 1. The van der Waals surface area contributed by atoms with Crippen LogP contribution in [0.1, 0.15) is 5.69 Å². The zero-order chi connectivity index (χ0) is 36.6. The number of para-hydroxylation sites is 1. The maximum absolute atomic E-state index is 6.20. The quantitative estimate of drug-likeness (QED) is 0.179. The van der Waals surface area contributed by atoms with E-state index in [1.54, 1.807) is 6.20 Å². The van der Waals surface area contributed by atoms with E-state index in [0.29, 0.717) is 0 Å². The van der Waals surface area contributed by atoms with Gasteiger partial charge in [0.1, 0.15) is 11.2 Å². The van der Waals surface area contributed by atoms with E-state index in [-0.39, 0.29) is 0 Å². The molecule has 10 rings (SSSR count). The molecule has 0 saturated heterocycles. The van der Waals surface area contributed by atoms with Crippen molar-refractivity contribution in [1.82, 2.24) is 20.3 Å². The van der Waals surface area contributed by atoms with E-state index in [2.05, 4.69) is 150 Å². The third-order valence-corrected chi connectivity index (χ3v) is 10.2. The predicted octanol–water partition coefficient (Wildman–Crippen LogP) is 12.3. The van der Waals surface area contributed by atoms with Crippen LogP contribution in [0.4, 0.5) is 0 Å². The zero-order valence-electron chi connectivity index (χ0n) is 29.9. The molecule has 5 heteroatoms. The molecule has 260 valence electrons. The van der Waals surface area contributed by atoms with Gasteiger partial charge in [0.25, 0.3) is 0 Å². The molecule has 9 aromatic rings. The molecule has 5 nitrogen and oxygen atoms in total. The van der Waals surface area contributed by atoms with Crippen LogP contribution in [0.3, 0.4) is 0 Å². The molecule has 1 N–H and O–H groups in total. The zero-order valence-corrected chi connectivity index (χ0v) is 29.9. The number of benzene rings is 5. The lowest BCUT2D eigenvalue weighted by molar-refractivity contribution is 0.669. The fraction of sp³-hybridized carbons (Fsp3) is 0.0200. The SMILES string of the molecule is C1=CC(c2cccc(-c3cccc(-c4cc(-c5cccc(-c6cccc(-c7cccnc7)n6)c5)cc(-c5ccc6oc7ccccc7c6c5)c4)c3)n2)=CNC1. The number of allylic oxidation sites excluding steroid dienone is 2. The summed E-state index contributed by atoms with van der Waals surface area (Å²) in [6.07, 6.45) is 9.91. The number of furan rings is 1. The number of pyridine rings is 3. The van der Waals surface area contributed by atoms with Gasteiger partial charge >= 0.3 is 0 Å². The molecule has 5 heterocycles. The van der Waals surface area contributed by atoms with Gasteiger partial charge in [-0.15, -0.1) is 0 Å². The van der Waals surface area contributed by atoms with E-state index in [9.17, 15) is 0 Å². The molecule has 0 bridgehead atoms. The van der Waals surface area contributed by atoms with Crippen LogP contribution in [-0.4, -0.2) is 21.5 Å². The van der Waals surface area contributed by atoms with Crippen LogP contribution in [0.15, 0.2) is 193 Å². The number of hydrogen-bond donors (Lipinski definition) is 1. The number of nitrogens with zero attached hydrogens (tertiary/aromatic N) is 3. The summed E-state index contributed by atoms with van der Waals surface area (Å²) >= 11 is 0. The van der Waals surface area contributed by atoms with Crippen LogP contribution in [0.2, 0.25) is 0 Å². The van der Waals surface area contributed by atoms with Crippen LogP contribution < -0.4 is 5.32 Å². The summed E-state index contributed by atoms with van der Waals surface area (Å²) in [5, 5.41) is 5.52. The second-order valence-corrected chi connectivity index (χ2v) is 13.7. The van der Waals surface area contributed by atoms with Crippen molar-refractivity contribution in [3.05, 3.63) is 194 Å². The second-order valence-electron chi connectivity index (χ2n) is 13.7. The number of rotatable bonds is 7. The first kappa shape index (κ1) is 32.3. The van der Waals surface area contributed by atoms with E-state index in [1.165, 1.54) is 0 Å². The highest BCUT2D eigenvalue weighted by molar-refractivity contribution is 6.06. The van der Waals surface area contributed by atoms with Crippen molar-refractivity contribution in [1.29, 1.82) is 0 Å². The molecule has 0 radical (unpaired) electrons. The molecule has 0 amide bonds. The molecule has 0 spiro atoms. The second kappa shape index (κ2) is 13.9. The van der Waals surface area contributed by atoms with Crippen molar-refractivity contribution < 1.29 is 4.42 Å². The highest BCUT2D eigenvalue weighted by Crippen LogP contribution is 2.38. The van der Waals surface area contributed by atoms with E-state index in [1.807, 2.05) is 42.7 Å². The number of nitrogens with one attached hydrogen (secondary N) is 1. The molecular weight excluding hydrogens is 673 g/mol. The minimum atomic E-state index is 0.833. The van der Waals surface area contributed by atoms with Gasteiger partial charge in [-0.1, -0.05) is 84.9 Å². The highest BCUT2D eigenvalue weighted by Gasteiger charge is 2.14. The lowest BCUT2D eigenvalue weighted by Crippen LogP contribution is -2.09. The monoisotopic (exact) mass is 706 g/mol. The Hall–Kier alpha value is -7.37. The number of fused-ring (bicyclic) bond motifs is 3. The normalized spacial score (nSPS) is 12.5. The lowest BCUT2D eigenvalue weighted by Gasteiger charge is -2.14. The van der Waals surface area contributed by atoms with E-state index in [4.69, 9.17) is 14.4 Å². The lowest BCUT2D eigenvalue weighted by atomic mass is 9.91. The standard InChI is InChI=1S/C50H34N4O/c1-2-20-49-43(15-1)44-30-35(21-22-50(44)55-49)42-28-40(33-9-3-11-36(25-33)45-16-5-18-47(53-45)38-13-7-23-51-31-38)27-41(29-42)34-10-4-12-37(26-34)46-17-6-19-48(54-46)39-14-8-24-52-32-39/h1-23,25-32,52H,24H2. The topological polar surface area (TPSA) is 63.8 Å². The summed E-state index contributed by atoms with van der Waals surface area (Å²) < 4.78 is 6.20. The minimum Gasteiger partial charge on any atom is -0.456 e. The Labute approximate surface area is 319 Å². The van der Waals surface area contributed by atoms with E-state index >= 15 is 0 Å². The van der Waals surface area contributed by atoms with Crippen LogP contribution in [0.25, 0.3) is 94.7 Å². The van der Waals surface area contributed by atoms with Gasteiger partial charge in [0.2, 0.25) is 0 Å². The van der Waals surface area contributed by atoms with Gasteiger partial charge < -0.3 is 9.73 Å². The fourth-order valence-corrected chi connectivity index (χ4v) is 7.41. The summed E-state index contributed by atoms with van der Waals surface area (Å²) in [7, 11) is 0. The Bertz CT molecular complexity index is 2940. The molecule has 1 aliphatic rings. The third kappa shape index (κ3) is 6.38. The maximum Gasteiger partial charge on any atom is 0.135 e. The highest BCUT2D eigenvalue weighted by atomic mass is 16.3. The summed E-state index contributed by atoms with van der Waals surface area (Å²) in [6, 6.07) is 55.3. The Morgan fingerprint density at radius 2 is 1.00 bits per heavy atom. The van der Waals surface area contributed by atoms with Gasteiger partial charge in [0, 0.05) is 58.2 Å². The van der Waals surface area contributed by atoms with Gasteiger partial charge in [-0.2, -0.15) is 0 Å². The van der Waals surface area contributed by atoms with Crippen LogP contribution >= 0.6 is 0 Å². The molecule has 1 aliphatic heterocycles. The molecule has 55 heavy (non-hydrogen) atoms. The Kier molecular flexibility index (Phi) is 8.15. The van der Waals surface area contributed by atoms with Gasteiger partial charge in [-0.25, -0.2) is 9.97 Å². The third-order valence-electron chi connectivity index (χ3n) is 10.2. The number of hydrogen-bond acceptors (Lipinski definition) is 5. The van der Waals surface area contributed by atoms with Crippen molar-refractivity contribution in [2.45, 2.75) is 0 Å². The Balaban J connectivity index is 1.09. The molecule has 5 aromatic carbocycles. The van der Waals surface area contributed by atoms with Gasteiger partial charge in [-0.3, -0.25) is 4.98 Å². The molecule has 0 aliphatic carbocycles. The van der Waals surface area contributed by atoms with Crippen molar-refractivity contribution in [3.63, 3.8) is 0 Å². The first-order chi connectivity index (χ1) is 27.2. The van der Waals surface area contributed by atoms with Crippen LogP contribution in [-0.2, 0) is 0 Å². The van der Waals surface area contributed by atoms with Crippen molar-refractivity contribution in [2.24, 2.45) is 0 Å². The fourth-order valence-electron chi connectivity index (χ4n) is 7.41. The minimum absolute atomic E-state index is 0.833. The van der Waals surface area contributed by atoms with Gasteiger partial charge in [0.15, 0.2) is 0 Å². The van der Waals surface area contributed by atoms with Crippen molar-refractivity contribution in [2.75, 3.05) is 6.54 Å². The summed E-state index contributed by atoms with van der Waals surface area (Å²) in [5.41, 5.74) is 16.3. The van der Waals surface area contributed by atoms with Crippen molar-refractivity contribution >= 4 is 27.5 Å². The average molecular weight is 707 g/mol. The van der Waals surface area contributed by atoms with Crippen LogP contribution in [0.5, 0.6) is 0 Å². The molecule has 0 unspecified atom stereocenters. The molecule has 4 aromatic heterocycles. The predicted molar refractivity (Wildman–Crippen MR) is 225 cm³/mol. The van der Waals surface area contributed by atoms with Gasteiger partial charge in [0.05, 0.1) is 22.8 Å². The molecule has 0 saturated carbocycles. The van der Waals surface area contributed by atoms with E-state index in [0.717, 1.165) is 107 Å². The average Bonchev–Trinajstić information content (AvgIpc) is 3.65. The first-order valence-electron chi connectivity index (χ1n) is 18.5. The van der Waals surface area contributed by atoms with Gasteiger partial charge in [-0.05, 0) is 118 Å². The van der Waals surface area contributed by atoms with Crippen molar-refractivity contribution in [3.8, 4) is 67.2 Å². The smallest absolute Gasteiger partial charge is 0.135 e. The summed E-state index contributed by atoms with van der Waals surface area (Å²) in [6.45, 7) is 0.833. The Morgan fingerprint density at radius 1 is 0.436 bits per heavy atom. The summed E-state index contributed by atoms with van der Waals surface area (Å²) in [4.78, 5) is 14.4. The largest absolute Gasteiger partial charge is 0.456 e. The molecule has 0 atom stereocenters. The molecular formula is C50H34N4O. The first-order valence-corrected chi connectivity index (χ1v) is 18.5. The van der Waals surface area contributed by atoms with E-state index < -0.39 is 0 Å². The maximum atomic E-state index is 6.20. The molecule has 0 fully saturated rings.